The molecule has 1 heterocycles. The van der Waals surface area contributed by atoms with Gasteiger partial charge in [-0.25, -0.2) is 0 Å². The first kappa shape index (κ1) is 17.0. The topological polar surface area (TPSA) is 87.7 Å². The van der Waals surface area contributed by atoms with Gasteiger partial charge in [-0.05, 0) is 42.0 Å². The number of hydrogen-bond acceptors (Lipinski definition) is 6. The lowest BCUT2D eigenvalue weighted by Crippen LogP contribution is -2.33. The van der Waals surface area contributed by atoms with E-state index in [1.165, 1.54) is 11.8 Å². The van der Waals surface area contributed by atoms with Crippen LogP contribution in [0.3, 0.4) is 0 Å². The molecule has 0 atom stereocenters. The van der Waals surface area contributed by atoms with Crippen LogP contribution in [-0.2, 0) is 4.79 Å². The summed E-state index contributed by atoms with van der Waals surface area (Å²) < 4.78 is 1.62. The highest BCUT2D eigenvalue weighted by Gasteiger charge is 2.15. The van der Waals surface area contributed by atoms with Crippen molar-refractivity contribution in [2.75, 3.05) is 18.8 Å². The lowest BCUT2D eigenvalue weighted by Gasteiger charge is -2.18. The van der Waals surface area contributed by atoms with Crippen molar-refractivity contribution in [1.82, 2.24) is 25.1 Å². The lowest BCUT2D eigenvalue weighted by molar-refractivity contribution is -0.128. The normalized spacial score (nSPS) is 10.3. The number of benzene rings is 1. The molecule has 0 bridgehead atoms. The van der Waals surface area contributed by atoms with Crippen LogP contribution in [0.2, 0.25) is 0 Å². The third kappa shape index (κ3) is 4.53. The maximum absolute atomic E-state index is 12.2. The largest absolute Gasteiger partial charge is 0.341 e. The zero-order valence-corrected chi connectivity index (χ0v) is 14.0. The van der Waals surface area contributed by atoms with Gasteiger partial charge in [0.05, 0.1) is 23.9 Å². The van der Waals surface area contributed by atoms with Crippen molar-refractivity contribution in [3.63, 3.8) is 0 Å². The Morgan fingerprint density at radius 3 is 3.00 bits per heavy atom. The smallest absolute Gasteiger partial charge is 0.233 e. The quantitative estimate of drug-likeness (QED) is 0.720. The summed E-state index contributed by atoms with van der Waals surface area (Å²) in [7, 11) is 0. The molecule has 1 aromatic heterocycles. The molecule has 0 saturated heterocycles. The van der Waals surface area contributed by atoms with Gasteiger partial charge in [-0.1, -0.05) is 23.9 Å². The molecule has 0 aliphatic heterocycles. The Kier molecular flexibility index (Phi) is 6.11. The number of nitrogens with zero attached hydrogens (tertiary/aromatic N) is 6. The number of carbonyl (C=O) groups excluding carboxylic acids is 1. The lowest BCUT2D eigenvalue weighted by atomic mass is 10.2. The highest BCUT2D eigenvalue weighted by atomic mass is 32.2. The van der Waals surface area contributed by atoms with Crippen molar-refractivity contribution in [2.45, 2.75) is 25.4 Å². The molecular weight excluding hydrogens is 312 g/mol. The molecule has 7 nitrogen and oxygen atoms in total. The molecule has 2 aromatic rings. The molecule has 0 aliphatic carbocycles. The van der Waals surface area contributed by atoms with Gasteiger partial charge in [0, 0.05) is 13.1 Å². The minimum Gasteiger partial charge on any atom is -0.341 e. The second kappa shape index (κ2) is 8.29. The number of thioether (sulfide) groups is 1. The fraction of sp³-hybridized carbons (Fsp3) is 0.400. The molecule has 0 N–H and O–H groups in total. The van der Waals surface area contributed by atoms with E-state index in [2.05, 4.69) is 21.6 Å². The number of aryl methyl sites for hydroxylation is 1. The second-order valence-electron chi connectivity index (χ2n) is 4.88. The second-order valence-corrected chi connectivity index (χ2v) is 5.82. The molecule has 120 valence electrons. The standard InChI is InChI=1S/C15H18N6OS/c1-3-20(9-5-8-16)14(22)11-23-15-17-18-19-21(15)13-7-4-6-12(2)10-13/h4,6-7,10H,3,5,9,11H2,1-2H3. The van der Waals surface area contributed by atoms with Crippen LogP contribution in [0.4, 0.5) is 0 Å². The highest BCUT2D eigenvalue weighted by molar-refractivity contribution is 7.99. The summed E-state index contributed by atoms with van der Waals surface area (Å²) in [4.78, 5) is 13.9. The SMILES string of the molecule is CCN(CCC#N)C(=O)CSc1nnnn1-c1cccc(C)c1. The van der Waals surface area contributed by atoms with Crippen LogP contribution < -0.4 is 0 Å². The van der Waals surface area contributed by atoms with Crippen LogP contribution in [-0.4, -0.2) is 49.9 Å². The molecule has 0 spiro atoms. The van der Waals surface area contributed by atoms with E-state index in [0.29, 0.717) is 24.7 Å². The molecule has 23 heavy (non-hydrogen) atoms. The summed E-state index contributed by atoms with van der Waals surface area (Å²) in [6.45, 7) is 4.94. The Hall–Kier alpha value is -2.40. The van der Waals surface area contributed by atoms with Crippen molar-refractivity contribution in [3.8, 4) is 11.8 Å². The van der Waals surface area contributed by atoms with E-state index >= 15 is 0 Å². The molecule has 8 heteroatoms. The summed E-state index contributed by atoms with van der Waals surface area (Å²) in [5.74, 6) is 0.220. The van der Waals surface area contributed by atoms with E-state index in [9.17, 15) is 4.79 Å². The maximum Gasteiger partial charge on any atom is 0.233 e. The van der Waals surface area contributed by atoms with E-state index in [0.717, 1.165) is 11.3 Å². The van der Waals surface area contributed by atoms with Crippen LogP contribution in [0.15, 0.2) is 29.4 Å². The van der Waals surface area contributed by atoms with E-state index < -0.39 is 0 Å². The van der Waals surface area contributed by atoms with E-state index in [1.807, 2.05) is 38.1 Å². The Balaban J connectivity index is 2.03. The van der Waals surface area contributed by atoms with Crippen LogP contribution in [0.5, 0.6) is 0 Å². The predicted molar refractivity (Wildman–Crippen MR) is 87.1 cm³/mol. The Bertz CT molecular complexity index is 708. The number of rotatable bonds is 7. The molecule has 0 fully saturated rings. The maximum atomic E-state index is 12.2. The molecule has 1 amide bonds. The molecule has 0 radical (unpaired) electrons. The first-order valence-corrected chi connectivity index (χ1v) is 8.27. The van der Waals surface area contributed by atoms with Crippen LogP contribution in [0.25, 0.3) is 5.69 Å². The van der Waals surface area contributed by atoms with E-state index in [1.54, 1.807) is 9.58 Å². The Morgan fingerprint density at radius 1 is 1.48 bits per heavy atom. The highest BCUT2D eigenvalue weighted by Crippen LogP contribution is 2.19. The summed E-state index contributed by atoms with van der Waals surface area (Å²) in [6, 6.07) is 9.89. The number of tetrazole rings is 1. The van der Waals surface area contributed by atoms with Crippen molar-refractivity contribution in [1.29, 1.82) is 5.26 Å². The fourth-order valence-electron chi connectivity index (χ4n) is 2.05. The van der Waals surface area contributed by atoms with Gasteiger partial charge in [0.1, 0.15) is 0 Å². The summed E-state index contributed by atoms with van der Waals surface area (Å²) >= 11 is 1.29. The molecule has 1 aromatic carbocycles. The number of hydrogen-bond donors (Lipinski definition) is 0. The minimum atomic E-state index is -0.0217. The summed E-state index contributed by atoms with van der Waals surface area (Å²) in [5, 5.41) is 20.9. The van der Waals surface area contributed by atoms with Crippen LogP contribution in [0, 0.1) is 18.3 Å². The first-order valence-electron chi connectivity index (χ1n) is 7.28. The first-order chi connectivity index (χ1) is 11.2. The van der Waals surface area contributed by atoms with Crippen molar-refractivity contribution < 1.29 is 4.79 Å². The molecular formula is C15H18N6OS. The van der Waals surface area contributed by atoms with E-state index in [4.69, 9.17) is 5.26 Å². The van der Waals surface area contributed by atoms with Crippen LogP contribution in [0.1, 0.15) is 18.9 Å². The van der Waals surface area contributed by atoms with Gasteiger partial charge in [0.25, 0.3) is 0 Å². The number of nitriles is 1. The number of amides is 1. The predicted octanol–water partition coefficient (Wildman–Crippen LogP) is 1.82. The van der Waals surface area contributed by atoms with Gasteiger partial charge >= 0.3 is 0 Å². The van der Waals surface area contributed by atoms with Gasteiger partial charge < -0.3 is 4.90 Å². The third-order valence-electron chi connectivity index (χ3n) is 3.24. The Morgan fingerprint density at radius 2 is 2.30 bits per heavy atom. The average molecular weight is 330 g/mol. The zero-order chi connectivity index (χ0) is 16.7. The van der Waals surface area contributed by atoms with Gasteiger partial charge in [0.2, 0.25) is 11.1 Å². The molecule has 0 saturated carbocycles. The van der Waals surface area contributed by atoms with E-state index in [-0.39, 0.29) is 11.7 Å². The van der Waals surface area contributed by atoms with Crippen LogP contribution >= 0.6 is 11.8 Å². The number of aromatic nitrogens is 4. The van der Waals surface area contributed by atoms with Crippen molar-refractivity contribution in [3.05, 3.63) is 29.8 Å². The molecule has 2 rings (SSSR count). The molecule has 0 aliphatic rings. The van der Waals surface area contributed by atoms with Gasteiger partial charge in [-0.2, -0.15) is 9.94 Å². The van der Waals surface area contributed by atoms with Crippen molar-refractivity contribution >= 4 is 17.7 Å². The van der Waals surface area contributed by atoms with Crippen molar-refractivity contribution in [2.24, 2.45) is 0 Å². The minimum absolute atomic E-state index is 0.0217. The van der Waals surface area contributed by atoms with Gasteiger partial charge in [0.15, 0.2) is 0 Å². The summed E-state index contributed by atoms with van der Waals surface area (Å²) in [6.07, 6.45) is 0.339. The average Bonchev–Trinajstić information content (AvgIpc) is 3.02. The summed E-state index contributed by atoms with van der Waals surface area (Å²) in [5.41, 5.74) is 1.97. The number of carbonyl (C=O) groups is 1. The van der Waals surface area contributed by atoms with Gasteiger partial charge in [-0.15, -0.1) is 5.10 Å². The van der Waals surface area contributed by atoms with Gasteiger partial charge in [-0.3, -0.25) is 4.79 Å². The fourth-order valence-corrected chi connectivity index (χ4v) is 2.85. The third-order valence-corrected chi connectivity index (χ3v) is 4.14. The molecule has 0 unspecified atom stereocenters. The monoisotopic (exact) mass is 330 g/mol. The zero-order valence-electron chi connectivity index (χ0n) is 13.1. The Labute approximate surface area is 139 Å².